The molecule has 0 bridgehead atoms. The van der Waals surface area contributed by atoms with Crippen molar-refractivity contribution in [3.05, 3.63) is 78.1 Å². The van der Waals surface area contributed by atoms with Gasteiger partial charge in [0.1, 0.15) is 16.9 Å². The van der Waals surface area contributed by atoms with Gasteiger partial charge in [0.25, 0.3) is 0 Å². The molecule has 1 aliphatic heterocycles. The van der Waals surface area contributed by atoms with Crippen LogP contribution >= 0.6 is 0 Å². The second-order valence-corrected chi connectivity index (χ2v) is 11.5. The predicted octanol–water partition coefficient (Wildman–Crippen LogP) is 5.17. The van der Waals surface area contributed by atoms with E-state index in [0.717, 1.165) is 40.9 Å². The lowest BCUT2D eigenvalue weighted by Crippen LogP contribution is -2.47. The monoisotopic (exact) mass is 611 g/mol. The SMILES string of the molecule is CCN1C(=O)C(C)(C)C(=O)N(C)c2cc(OCCCNCc3ccnc(CCOc4ccc5cc(OC)ccc5n4)c3)ccc21. The van der Waals surface area contributed by atoms with E-state index in [4.69, 9.17) is 14.2 Å². The molecule has 3 heterocycles. The summed E-state index contributed by atoms with van der Waals surface area (Å²) in [5.41, 5.74) is 3.22. The molecule has 0 unspecified atom stereocenters. The molecule has 4 aromatic rings. The zero-order valence-electron chi connectivity index (χ0n) is 26.6. The Kier molecular flexibility index (Phi) is 9.83. The minimum absolute atomic E-state index is 0.199. The number of nitrogens with one attached hydrogen (secondary N) is 1. The van der Waals surface area contributed by atoms with Crippen LogP contribution in [0, 0.1) is 5.41 Å². The number of carbonyl (C=O) groups excluding carboxylic acids is 2. The van der Waals surface area contributed by atoms with Gasteiger partial charge in [-0.2, -0.15) is 0 Å². The first kappa shape index (κ1) is 31.7. The normalized spacial score (nSPS) is 14.3. The lowest BCUT2D eigenvalue weighted by Gasteiger charge is -2.27. The van der Waals surface area contributed by atoms with Crippen molar-refractivity contribution in [1.29, 1.82) is 0 Å². The topological polar surface area (TPSA) is 106 Å². The van der Waals surface area contributed by atoms with Crippen LogP contribution in [0.2, 0.25) is 0 Å². The second-order valence-electron chi connectivity index (χ2n) is 11.5. The molecular weight excluding hydrogens is 570 g/mol. The van der Waals surface area contributed by atoms with Crippen LogP contribution in [-0.2, 0) is 22.6 Å². The maximum Gasteiger partial charge on any atom is 0.242 e. The third-order valence-corrected chi connectivity index (χ3v) is 7.99. The largest absolute Gasteiger partial charge is 0.497 e. The van der Waals surface area contributed by atoms with Gasteiger partial charge < -0.3 is 29.3 Å². The number of hydrogen-bond donors (Lipinski definition) is 1. The lowest BCUT2D eigenvalue weighted by molar-refractivity contribution is -0.137. The van der Waals surface area contributed by atoms with Crippen molar-refractivity contribution >= 4 is 34.1 Å². The molecule has 2 aromatic heterocycles. The van der Waals surface area contributed by atoms with Crippen molar-refractivity contribution in [2.24, 2.45) is 5.41 Å². The molecule has 1 aliphatic rings. The maximum absolute atomic E-state index is 13.1. The molecule has 10 heteroatoms. The van der Waals surface area contributed by atoms with Crippen LogP contribution in [0.25, 0.3) is 10.9 Å². The van der Waals surface area contributed by atoms with Gasteiger partial charge in [0.2, 0.25) is 17.7 Å². The fourth-order valence-electron chi connectivity index (χ4n) is 5.42. The summed E-state index contributed by atoms with van der Waals surface area (Å²) in [6.45, 7) is 8.23. The van der Waals surface area contributed by atoms with Crippen molar-refractivity contribution in [1.82, 2.24) is 15.3 Å². The van der Waals surface area contributed by atoms with E-state index < -0.39 is 5.41 Å². The summed E-state index contributed by atoms with van der Waals surface area (Å²) < 4.78 is 17.2. The zero-order chi connectivity index (χ0) is 32.0. The number of anilines is 2. The number of aromatic nitrogens is 2. The van der Waals surface area contributed by atoms with Crippen molar-refractivity contribution in [2.75, 3.05) is 50.3 Å². The molecule has 2 aromatic carbocycles. The van der Waals surface area contributed by atoms with E-state index in [-0.39, 0.29) is 11.8 Å². The first-order chi connectivity index (χ1) is 21.7. The highest BCUT2D eigenvalue weighted by Gasteiger charge is 2.45. The number of benzene rings is 2. The Balaban J connectivity index is 1.06. The molecule has 0 saturated heterocycles. The third kappa shape index (κ3) is 7.17. The summed E-state index contributed by atoms with van der Waals surface area (Å²) in [5, 5.41) is 4.47. The van der Waals surface area contributed by atoms with E-state index in [1.807, 2.05) is 67.7 Å². The van der Waals surface area contributed by atoms with Crippen molar-refractivity contribution in [3.8, 4) is 17.4 Å². The van der Waals surface area contributed by atoms with Crippen LogP contribution in [0.5, 0.6) is 17.4 Å². The van der Waals surface area contributed by atoms with Crippen LogP contribution in [0.15, 0.2) is 66.9 Å². The summed E-state index contributed by atoms with van der Waals surface area (Å²) in [5.74, 6) is 1.61. The number of hydrogen-bond acceptors (Lipinski definition) is 8. The molecule has 236 valence electrons. The molecule has 0 spiro atoms. The number of amides is 2. The number of ether oxygens (including phenoxy) is 3. The molecule has 0 aliphatic carbocycles. The fraction of sp³-hybridized carbons (Fsp3) is 0.371. The summed E-state index contributed by atoms with van der Waals surface area (Å²) in [6.07, 6.45) is 3.30. The summed E-state index contributed by atoms with van der Waals surface area (Å²) >= 11 is 0. The van der Waals surface area contributed by atoms with E-state index in [0.29, 0.717) is 55.7 Å². The Morgan fingerprint density at radius 3 is 2.51 bits per heavy atom. The minimum atomic E-state index is -1.13. The second kappa shape index (κ2) is 13.9. The molecule has 45 heavy (non-hydrogen) atoms. The van der Waals surface area contributed by atoms with Gasteiger partial charge in [-0.25, -0.2) is 4.98 Å². The maximum atomic E-state index is 13.1. The summed E-state index contributed by atoms with van der Waals surface area (Å²) in [4.78, 5) is 38.4. The van der Waals surface area contributed by atoms with Crippen molar-refractivity contribution < 1.29 is 23.8 Å². The molecule has 5 rings (SSSR count). The highest BCUT2D eigenvalue weighted by molar-refractivity contribution is 6.20. The van der Waals surface area contributed by atoms with Gasteiger partial charge in [0.15, 0.2) is 0 Å². The van der Waals surface area contributed by atoms with Gasteiger partial charge >= 0.3 is 0 Å². The fourth-order valence-corrected chi connectivity index (χ4v) is 5.42. The molecule has 2 amide bonds. The third-order valence-electron chi connectivity index (χ3n) is 7.99. The molecule has 0 atom stereocenters. The zero-order valence-corrected chi connectivity index (χ0v) is 26.6. The summed E-state index contributed by atoms with van der Waals surface area (Å²) in [7, 11) is 3.36. The number of methoxy groups -OCH3 is 1. The lowest BCUT2D eigenvalue weighted by atomic mass is 9.90. The Labute approximate surface area is 264 Å². The minimum Gasteiger partial charge on any atom is -0.497 e. The van der Waals surface area contributed by atoms with Crippen LogP contribution in [-0.4, -0.2) is 62.2 Å². The van der Waals surface area contributed by atoms with Gasteiger partial charge in [-0.15, -0.1) is 0 Å². The van der Waals surface area contributed by atoms with E-state index in [2.05, 4.69) is 21.4 Å². The molecule has 0 saturated carbocycles. The highest BCUT2D eigenvalue weighted by Crippen LogP contribution is 2.40. The average Bonchev–Trinajstić information content (AvgIpc) is 3.10. The molecule has 10 nitrogen and oxygen atoms in total. The van der Waals surface area contributed by atoms with Gasteiger partial charge in [-0.05, 0) is 87.8 Å². The molecule has 0 fully saturated rings. The van der Waals surface area contributed by atoms with Crippen LogP contribution in [0.4, 0.5) is 11.4 Å². The van der Waals surface area contributed by atoms with Gasteiger partial charge in [0, 0.05) is 56.0 Å². The molecule has 1 N–H and O–H groups in total. The van der Waals surface area contributed by atoms with E-state index >= 15 is 0 Å². The van der Waals surface area contributed by atoms with Crippen LogP contribution < -0.4 is 29.3 Å². The van der Waals surface area contributed by atoms with E-state index in [1.165, 1.54) is 0 Å². The number of fused-ring (bicyclic) bond motifs is 2. The van der Waals surface area contributed by atoms with Gasteiger partial charge in [0.05, 0.1) is 37.2 Å². The number of carbonyl (C=O) groups is 2. The first-order valence-corrected chi connectivity index (χ1v) is 15.3. The highest BCUT2D eigenvalue weighted by atomic mass is 16.5. The van der Waals surface area contributed by atoms with E-state index in [1.54, 1.807) is 37.8 Å². The Hall–Kier alpha value is -4.70. The Morgan fingerprint density at radius 1 is 0.889 bits per heavy atom. The number of rotatable bonds is 13. The average molecular weight is 612 g/mol. The number of nitrogens with zero attached hydrogens (tertiary/aromatic N) is 4. The van der Waals surface area contributed by atoms with Gasteiger partial charge in [-0.1, -0.05) is 0 Å². The number of pyridine rings is 2. The van der Waals surface area contributed by atoms with Crippen molar-refractivity contribution in [3.63, 3.8) is 0 Å². The smallest absolute Gasteiger partial charge is 0.242 e. The standard InChI is InChI=1S/C35H41N5O5/c1-6-40-30-12-10-28(22-31(30)39(4)33(41)35(2,3)34(40)42)44-18-7-16-36-23-24-14-17-37-26(20-24)15-19-45-32-13-8-25-21-27(43-5)9-11-29(25)38-32/h8-14,17,20-22,36H,6-7,15-16,18-19,23H2,1-5H3. The van der Waals surface area contributed by atoms with E-state index in [9.17, 15) is 9.59 Å². The Bertz CT molecular complexity index is 1670. The molecule has 0 radical (unpaired) electrons. The Morgan fingerprint density at radius 2 is 1.71 bits per heavy atom. The summed E-state index contributed by atoms with van der Waals surface area (Å²) in [6, 6.07) is 19.3. The van der Waals surface area contributed by atoms with Gasteiger partial charge in [-0.3, -0.25) is 14.6 Å². The van der Waals surface area contributed by atoms with Crippen LogP contribution in [0.3, 0.4) is 0 Å². The quantitative estimate of drug-likeness (QED) is 0.163. The first-order valence-electron chi connectivity index (χ1n) is 15.3. The predicted molar refractivity (Wildman–Crippen MR) is 175 cm³/mol. The van der Waals surface area contributed by atoms with Crippen LogP contribution in [0.1, 0.15) is 38.4 Å². The van der Waals surface area contributed by atoms with Crippen molar-refractivity contribution in [2.45, 2.75) is 40.2 Å². The molecular formula is C35H41N5O5.